The quantitative estimate of drug-likeness (QED) is 0.393. The van der Waals surface area contributed by atoms with E-state index >= 15 is 0 Å². The van der Waals surface area contributed by atoms with Gasteiger partial charge in [-0.05, 0) is 31.0 Å². The predicted octanol–water partition coefficient (Wildman–Crippen LogP) is 2.13. The first-order chi connectivity index (χ1) is 13.8. The maximum Gasteiger partial charge on any atom is 0.331 e. The van der Waals surface area contributed by atoms with Gasteiger partial charge in [-0.25, -0.2) is 4.79 Å². The summed E-state index contributed by atoms with van der Waals surface area (Å²) in [5.74, 6) is -1.82. The molecule has 0 heterocycles. The van der Waals surface area contributed by atoms with E-state index in [1.807, 2.05) is 18.2 Å². The van der Waals surface area contributed by atoms with E-state index < -0.39 is 34.6 Å². The fraction of sp³-hybridized carbons (Fsp3) is 0.300. The number of nitrogens with zero attached hydrogens (tertiary/aromatic N) is 1. The average Bonchev–Trinajstić information content (AvgIpc) is 2.70. The van der Waals surface area contributed by atoms with Gasteiger partial charge in [-0.15, -0.1) is 0 Å². The fourth-order valence-corrected chi connectivity index (χ4v) is 2.67. The van der Waals surface area contributed by atoms with Crippen LogP contribution in [0.15, 0.2) is 42.5 Å². The molecule has 0 radical (unpaired) electrons. The molecule has 0 spiro atoms. The SMILES string of the molecule is COC(=O)[C@@H](NC(=O)c1ccc(C)c(OCc2ccccc2)c1[N+](=O)[O-])C(C)O. The molecule has 2 rings (SSSR count). The summed E-state index contributed by atoms with van der Waals surface area (Å²) in [4.78, 5) is 35.4. The first-order valence-electron chi connectivity index (χ1n) is 8.77. The third-order valence-electron chi connectivity index (χ3n) is 4.21. The summed E-state index contributed by atoms with van der Waals surface area (Å²) in [6, 6.07) is 10.5. The summed E-state index contributed by atoms with van der Waals surface area (Å²) >= 11 is 0. The van der Waals surface area contributed by atoms with E-state index in [-0.39, 0.29) is 17.9 Å². The normalized spacial score (nSPS) is 12.6. The van der Waals surface area contributed by atoms with E-state index in [0.29, 0.717) is 5.56 Å². The number of aryl methyl sites for hydroxylation is 1. The van der Waals surface area contributed by atoms with Crippen LogP contribution in [-0.2, 0) is 16.1 Å². The van der Waals surface area contributed by atoms with Gasteiger partial charge in [0.05, 0.1) is 18.1 Å². The number of nitro benzene ring substituents is 1. The van der Waals surface area contributed by atoms with Gasteiger partial charge in [0.2, 0.25) is 5.75 Å². The number of carbonyl (C=O) groups is 2. The summed E-state index contributed by atoms with van der Waals surface area (Å²) in [5.41, 5.74) is 0.464. The van der Waals surface area contributed by atoms with Crippen molar-refractivity contribution in [2.45, 2.75) is 32.6 Å². The van der Waals surface area contributed by atoms with Crippen LogP contribution < -0.4 is 10.1 Å². The molecule has 0 aliphatic heterocycles. The number of rotatable bonds is 8. The minimum Gasteiger partial charge on any atom is -0.482 e. The molecule has 0 saturated heterocycles. The summed E-state index contributed by atoms with van der Waals surface area (Å²) in [5, 5.41) is 23.7. The second kappa shape index (κ2) is 9.65. The zero-order chi connectivity index (χ0) is 21.6. The van der Waals surface area contributed by atoms with Crippen molar-refractivity contribution in [1.29, 1.82) is 0 Å². The van der Waals surface area contributed by atoms with Crippen molar-refractivity contribution in [3.63, 3.8) is 0 Å². The van der Waals surface area contributed by atoms with Crippen LogP contribution in [0.4, 0.5) is 5.69 Å². The number of methoxy groups -OCH3 is 1. The average molecular weight is 402 g/mol. The second-order valence-electron chi connectivity index (χ2n) is 6.35. The number of hydrogen-bond donors (Lipinski definition) is 2. The highest BCUT2D eigenvalue weighted by molar-refractivity contribution is 6.01. The van der Waals surface area contributed by atoms with E-state index in [0.717, 1.165) is 12.7 Å². The Morgan fingerprint density at radius 3 is 2.41 bits per heavy atom. The highest BCUT2D eigenvalue weighted by Crippen LogP contribution is 2.35. The lowest BCUT2D eigenvalue weighted by molar-refractivity contribution is -0.386. The molecule has 9 heteroatoms. The van der Waals surface area contributed by atoms with Crippen LogP contribution in [0, 0.1) is 17.0 Å². The van der Waals surface area contributed by atoms with Crippen molar-refractivity contribution < 1.29 is 29.1 Å². The highest BCUT2D eigenvalue weighted by Gasteiger charge is 2.32. The largest absolute Gasteiger partial charge is 0.482 e. The van der Waals surface area contributed by atoms with Crippen molar-refractivity contribution in [2.24, 2.45) is 0 Å². The van der Waals surface area contributed by atoms with Crippen molar-refractivity contribution >= 4 is 17.6 Å². The molecule has 0 aliphatic carbocycles. The van der Waals surface area contributed by atoms with Gasteiger partial charge in [-0.1, -0.05) is 36.4 Å². The Balaban J connectivity index is 2.38. The Hall–Kier alpha value is -3.46. The Labute approximate surface area is 167 Å². The number of nitro groups is 1. The molecule has 0 fully saturated rings. The lowest BCUT2D eigenvalue weighted by atomic mass is 10.1. The minimum atomic E-state index is -1.37. The number of amides is 1. The Morgan fingerprint density at radius 1 is 1.21 bits per heavy atom. The Kier molecular flexibility index (Phi) is 7.27. The van der Waals surface area contributed by atoms with Crippen molar-refractivity contribution in [3.05, 3.63) is 69.3 Å². The molecule has 0 bridgehead atoms. The summed E-state index contributed by atoms with van der Waals surface area (Å²) in [6.45, 7) is 2.99. The maximum absolute atomic E-state index is 12.7. The van der Waals surface area contributed by atoms with E-state index in [2.05, 4.69) is 10.1 Å². The molecule has 2 atom stereocenters. The van der Waals surface area contributed by atoms with Crippen molar-refractivity contribution in [1.82, 2.24) is 5.32 Å². The van der Waals surface area contributed by atoms with Gasteiger partial charge < -0.3 is 19.9 Å². The molecule has 2 aromatic rings. The number of aliphatic hydroxyl groups excluding tert-OH is 1. The number of hydrogen-bond acceptors (Lipinski definition) is 7. The Morgan fingerprint density at radius 2 is 1.86 bits per heavy atom. The molecule has 0 saturated carbocycles. The van der Waals surface area contributed by atoms with E-state index in [4.69, 9.17) is 4.74 Å². The first kappa shape index (κ1) is 21.8. The van der Waals surface area contributed by atoms with Gasteiger partial charge in [0.25, 0.3) is 5.91 Å². The standard InChI is InChI=1S/C20H22N2O7/c1-12-9-10-15(19(24)21-16(13(2)23)20(25)28-3)17(22(26)27)18(12)29-11-14-7-5-4-6-8-14/h4-10,13,16,23H,11H2,1-3H3,(H,21,24)/t13?,16-/m0/s1. The molecule has 2 N–H and O–H groups in total. The van der Waals surface area contributed by atoms with E-state index in [1.54, 1.807) is 19.1 Å². The van der Waals surface area contributed by atoms with Crippen LogP contribution in [0.3, 0.4) is 0 Å². The predicted molar refractivity (Wildman–Crippen MR) is 104 cm³/mol. The van der Waals surface area contributed by atoms with Gasteiger partial charge in [0.15, 0.2) is 6.04 Å². The maximum atomic E-state index is 12.7. The lowest BCUT2D eigenvalue weighted by Crippen LogP contribution is -2.48. The van der Waals surface area contributed by atoms with Crippen LogP contribution >= 0.6 is 0 Å². The second-order valence-corrected chi connectivity index (χ2v) is 6.35. The van der Waals surface area contributed by atoms with E-state index in [1.165, 1.54) is 19.1 Å². The van der Waals surface area contributed by atoms with Gasteiger partial charge in [-0.2, -0.15) is 0 Å². The van der Waals surface area contributed by atoms with Crippen LogP contribution in [-0.4, -0.2) is 41.2 Å². The number of aliphatic hydroxyl groups is 1. The fourth-order valence-electron chi connectivity index (χ4n) is 2.67. The lowest BCUT2D eigenvalue weighted by Gasteiger charge is -2.19. The molecule has 9 nitrogen and oxygen atoms in total. The number of benzene rings is 2. The summed E-state index contributed by atoms with van der Waals surface area (Å²) in [6.07, 6.45) is -1.26. The molecule has 0 aliphatic rings. The number of ether oxygens (including phenoxy) is 2. The van der Waals surface area contributed by atoms with Crippen molar-refractivity contribution in [2.75, 3.05) is 7.11 Å². The first-order valence-corrected chi connectivity index (χ1v) is 8.77. The number of nitrogens with one attached hydrogen (secondary N) is 1. The molecule has 1 unspecified atom stereocenters. The number of carbonyl (C=O) groups excluding carboxylic acids is 2. The van der Waals surface area contributed by atoms with Crippen LogP contribution in [0.25, 0.3) is 0 Å². The Bertz CT molecular complexity index is 897. The van der Waals surface area contributed by atoms with Crippen molar-refractivity contribution in [3.8, 4) is 5.75 Å². The smallest absolute Gasteiger partial charge is 0.331 e. The third-order valence-corrected chi connectivity index (χ3v) is 4.21. The van der Waals surface area contributed by atoms with E-state index in [9.17, 15) is 24.8 Å². The molecule has 0 aromatic heterocycles. The molecule has 29 heavy (non-hydrogen) atoms. The molecule has 2 aromatic carbocycles. The highest BCUT2D eigenvalue weighted by atomic mass is 16.6. The van der Waals surface area contributed by atoms with Gasteiger partial charge in [0.1, 0.15) is 12.2 Å². The molecular weight excluding hydrogens is 380 g/mol. The minimum absolute atomic E-state index is 0.0434. The van der Waals surface area contributed by atoms with Crippen LogP contribution in [0.2, 0.25) is 0 Å². The van der Waals surface area contributed by atoms with Crippen LogP contribution in [0.1, 0.15) is 28.4 Å². The molecular formula is C20H22N2O7. The molecule has 1 amide bonds. The van der Waals surface area contributed by atoms with Gasteiger partial charge in [-0.3, -0.25) is 14.9 Å². The van der Waals surface area contributed by atoms with Gasteiger partial charge >= 0.3 is 11.7 Å². The monoisotopic (exact) mass is 402 g/mol. The molecule has 154 valence electrons. The van der Waals surface area contributed by atoms with Crippen LogP contribution in [0.5, 0.6) is 5.75 Å². The van der Waals surface area contributed by atoms with Gasteiger partial charge in [0, 0.05) is 0 Å². The third kappa shape index (κ3) is 5.29. The summed E-state index contributed by atoms with van der Waals surface area (Å²) < 4.78 is 10.2. The number of esters is 1. The summed E-state index contributed by atoms with van der Waals surface area (Å²) in [7, 11) is 1.10. The zero-order valence-electron chi connectivity index (χ0n) is 16.2. The topological polar surface area (TPSA) is 128 Å². The zero-order valence-corrected chi connectivity index (χ0v) is 16.2.